The number of nitrogens with two attached hydrogens (primary N) is 1. The molecule has 0 aliphatic heterocycles. The molecule has 0 spiro atoms. The smallest absolute Gasteiger partial charge is 0.251 e. The summed E-state index contributed by atoms with van der Waals surface area (Å²) >= 11 is 0. The molecular formula is C20H24N2O2. The molecule has 2 aromatic rings. The molecule has 0 aromatic heterocycles. The minimum atomic E-state index is -0.258. The SMILES string of the molecule is CC(=O)c1ccc(C(=O)NCC(N)c2ccc(C(C)C)cc2)cc1. The van der Waals surface area contributed by atoms with Gasteiger partial charge in [0, 0.05) is 23.7 Å². The standard InChI is InChI=1S/C20H24N2O2/c1-13(2)15-4-8-17(9-5-15)19(21)12-22-20(24)18-10-6-16(7-11-18)14(3)23/h4-11,13,19H,12,21H2,1-3H3,(H,22,24). The topological polar surface area (TPSA) is 72.2 Å². The second-order valence-corrected chi connectivity index (χ2v) is 6.27. The maximum atomic E-state index is 12.2. The van der Waals surface area contributed by atoms with E-state index in [-0.39, 0.29) is 17.7 Å². The first-order valence-corrected chi connectivity index (χ1v) is 8.13. The summed E-state index contributed by atoms with van der Waals surface area (Å²) in [7, 11) is 0. The minimum Gasteiger partial charge on any atom is -0.350 e. The van der Waals surface area contributed by atoms with E-state index >= 15 is 0 Å². The van der Waals surface area contributed by atoms with Crippen molar-refractivity contribution in [2.45, 2.75) is 32.7 Å². The Hall–Kier alpha value is -2.46. The van der Waals surface area contributed by atoms with E-state index in [0.717, 1.165) is 5.56 Å². The van der Waals surface area contributed by atoms with E-state index < -0.39 is 0 Å². The third-order valence-corrected chi connectivity index (χ3v) is 4.07. The number of hydrogen-bond donors (Lipinski definition) is 2. The molecule has 1 atom stereocenters. The lowest BCUT2D eigenvalue weighted by Crippen LogP contribution is -2.31. The van der Waals surface area contributed by atoms with Crippen LogP contribution in [0.2, 0.25) is 0 Å². The third-order valence-electron chi connectivity index (χ3n) is 4.07. The molecule has 4 nitrogen and oxygen atoms in total. The number of carbonyl (C=O) groups excluding carboxylic acids is 2. The maximum absolute atomic E-state index is 12.2. The van der Waals surface area contributed by atoms with E-state index in [9.17, 15) is 9.59 Å². The fraction of sp³-hybridized carbons (Fsp3) is 0.300. The number of hydrogen-bond acceptors (Lipinski definition) is 3. The van der Waals surface area contributed by atoms with Crippen LogP contribution in [0.1, 0.15) is 64.6 Å². The summed E-state index contributed by atoms with van der Waals surface area (Å²) in [5.41, 5.74) is 9.52. The number of carbonyl (C=O) groups is 2. The molecule has 0 aliphatic carbocycles. The van der Waals surface area contributed by atoms with Crippen molar-refractivity contribution in [3.8, 4) is 0 Å². The molecule has 0 radical (unpaired) electrons. The minimum absolute atomic E-state index is 0.0196. The summed E-state index contributed by atoms with van der Waals surface area (Å²) in [5.74, 6) is 0.265. The fourth-order valence-corrected chi connectivity index (χ4v) is 2.41. The van der Waals surface area contributed by atoms with Crippen LogP contribution in [0.5, 0.6) is 0 Å². The molecule has 0 saturated heterocycles. The number of nitrogens with one attached hydrogen (secondary N) is 1. The van der Waals surface area contributed by atoms with Crippen molar-refractivity contribution in [1.29, 1.82) is 0 Å². The third kappa shape index (κ3) is 4.52. The van der Waals surface area contributed by atoms with Gasteiger partial charge in [0.15, 0.2) is 5.78 Å². The Kier molecular flexibility index (Phi) is 5.88. The summed E-state index contributed by atoms with van der Waals surface area (Å²) in [6.07, 6.45) is 0. The van der Waals surface area contributed by atoms with Gasteiger partial charge in [-0.3, -0.25) is 9.59 Å². The summed E-state index contributed by atoms with van der Waals surface area (Å²) in [5, 5.41) is 2.83. The first-order valence-electron chi connectivity index (χ1n) is 8.13. The van der Waals surface area contributed by atoms with Crippen LogP contribution in [0, 0.1) is 0 Å². The molecular weight excluding hydrogens is 300 g/mol. The summed E-state index contributed by atoms with van der Waals surface area (Å²) in [6.45, 7) is 6.14. The van der Waals surface area contributed by atoms with Gasteiger partial charge in [-0.25, -0.2) is 0 Å². The fourth-order valence-electron chi connectivity index (χ4n) is 2.41. The summed E-state index contributed by atoms with van der Waals surface area (Å²) < 4.78 is 0. The second-order valence-electron chi connectivity index (χ2n) is 6.27. The van der Waals surface area contributed by atoms with Crippen LogP contribution in [0.15, 0.2) is 48.5 Å². The van der Waals surface area contributed by atoms with Crippen molar-refractivity contribution in [1.82, 2.24) is 5.32 Å². The largest absolute Gasteiger partial charge is 0.350 e. The Morgan fingerprint density at radius 2 is 1.42 bits per heavy atom. The molecule has 0 heterocycles. The Morgan fingerprint density at radius 3 is 1.92 bits per heavy atom. The van der Waals surface area contributed by atoms with Crippen LogP contribution >= 0.6 is 0 Å². The van der Waals surface area contributed by atoms with Crippen molar-refractivity contribution < 1.29 is 9.59 Å². The van der Waals surface area contributed by atoms with Gasteiger partial charge in [0.2, 0.25) is 0 Å². The Balaban J connectivity index is 1.94. The molecule has 24 heavy (non-hydrogen) atoms. The molecule has 0 saturated carbocycles. The van der Waals surface area contributed by atoms with Gasteiger partial charge in [-0.15, -0.1) is 0 Å². The monoisotopic (exact) mass is 324 g/mol. The van der Waals surface area contributed by atoms with E-state index in [1.807, 2.05) is 12.1 Å². The summed E-state index contributed by atoms with van der Waals surface area (Å²) in [6, 6.07) is 14.5. The van der Waals surface area contributed by atoms with E-state index in [1.54, 1.807) is 24.3 Å². The molecule has 4 heteroatoms. The summed E-state index contributed by atoms with van der Waals surface area (Å²) in [4.78, 5) is 23.4. The Bertz CT molecular complexity index is 703. The van der Waals surface area contributed by atoms with Crippen molar-refractivity contribution in [3.05, 3.63) is 70.8 Å². The predicted octanol–water partition coefficient (Wildman–Crippen LogP) is 3.44. The number of benzene rings is 2. The molecule has 2 rings (SSSR count). The molecule has 126 valence electrons. The zero-order valence-corrected chi connectivity index (χ0v) is 14.4. The molecule has 0 fully saturated rings. The van der Waals surface area contributed by atoms with Gasteiger partial charge in [0.1, 0.15) is 0 Å². The average Bonchev–Trinajstić information content (AvgIpc) is 2.59. The van der Waals surface area contributed by atoms with Gasteiger partial charge in [-0.05, 0) is 36.1 Å². The van der Waals surface area contributed by atoms with Crippen LogP contribution in [-0.4, -0.2) is 18.2 Å². The number of amides is 1. The number of rotatable bonds is 6. The Labute approximate surface area is 143 Å². The highest BCUT2D eigenvalue weighted by molar-refractivity contribution is 5.97. The molecule has 3 N–H and O–H groups in total. The van der Waals surface area contributed by atoms with Gasteiger partial charge in [0.05, 0.1) is 0 Å². The quantitative estimate of drug-likeness (QED) is 0.800. The van der Waals surface area contributed by atoms with Crippen LogP contribution in [0.3, 0.4) is 0 Å². The lowest BCUT2D eigenvalue weighted by atomic mass is 9.99. The van der Waals surface area contributed by atoms with Crippen molar-refractivity contribution in [2.24, 2.45) is 5.73 Å². The average molecular weight is 324 g/mol. The van der Waals surface area contributed by atoms with Crippen LogP contribution in [0.25, 0.3) is 0 Å². The van der Waals surface area contributed by atoms with Crippen molar-refractivity contribution >= 4 is 11.7 Å². The number of ketones is 1. The van der Waals surface area contributed by atoms with E-state index in [0.29, 0.717) is 23.6 Å². The lowest BCUT2D eigenvalue weighted by Gasteiger charge is -2.14. The molecule has 0 aliphatic rings. The van der Waals surface area contributed by atoms with Gasteiger partial charge in [0.25, 0.3) is 5.91 Å². The molecule has 2 aromatic carbocycles. The zero-order valence-electron chi connectivity index (χ0n) is 14.4. The second kappa shape index (κ2) is 7.88. The van der Waals surface area contributed by atoms with Crippen LogP contribution < -0.4 is 11.1 Å². The maximum Gasteiger partial charge on any atom is 0.251 e. The van der Waals surface area contributed by atoms with Gasteiger partial charge >= 0.3 is 0 Å². The first-order chi connectivity index (χ1) is 11.4. The highest BCUT2D eigenvalue weighted by Crippen LogP contribution is 2.17. The van der Waals surface area contributed by atoms with E-state index in [1.165, 1.54) is 12.5 Å². The van der Waals surface area contributed by atoms with Crippen LogP contribution in [-0.2, 0) is 0 Å². The predicted molar refractivity (Wildman–Crippen MR) is 96.2 cm³/mol. The normalized spacial score (nSPS) is 12.0. The van der Waals surface area contributed by atoms with Gasteiger partial charge in [-0.2, -0.15) is 0 Å². The van der Waals surface area contributed by atoms with Gasteiger partial charge in [-0.1, -0.05) is 50.2 Å². The Morgan fingerprint density at radius 1 is 0.917 bits per heavy atom. The highest BCUT2D eigenvalue weighted by atomic mass is 16.1. The molecule has 1 amide bonds. The van der Waals surface area contributed by atoms with E-state index in [4.69, 9.17) is 5.73 Å². The highest BCUT2D eigenvalue weighted by Gasteiger charge is 2.11. The van der Waals surface area contributed by atoms with Gasteiger partial charge < -0.3 is 11.1 Å². The van der Waals surface area contributed by atoms with Crippen molar-refractivity contribution in [3.63, 3.8) is 0 Å². The number of Topliss-reactive ketones (excluding diaryl/α,β-unsaturated/α-hetero) is 1. The zero-order chi connectivity index (χ0) is 17.7. The molecule has 0 bridgehead atoms. The molecule has 1 unspecified atom stereocenters. The van der Waals surface area contributed by atoms with Crippen LogP contribution in [0.4, 0.5) is 0 Å². The van der Waals surface area contributed by atoms with E-state index in [2.05, 4.69) is 31.3 Å². The van der Waals surface area contributed by atoms with Crippen molar-refractivity contribution in [2.75, 3.05) is 6.54 Å². The first kappa shape index (κ1) is 17.9. The lowest BCUT2D eigenvalue weighted by molar-refractivity contribution is 0.0949.